The van der Waals surface area contributed by atoms with Crippen LogP contribution in [0.15, 0.2) is 59.0 Å². The number of nitrogens with zero attached hydrogens (tertiary/aromatic N) is 2. The van der Waals surface area contributed by atoms with Crippen molar-refractivity contribution in [2.75, 3.05) is 39.3 Å². The van der Waals surface area contributed by atoms with Crippen molar-refractivity contribution in [2.45, 2.75) is 0 Å². The summed E-state index contributed by atoms with van der Waals surface area (Å²) in [4.78, 5) is 28.7. The van der Waals surface area contributed by atoms with Crippen LogP contribution < -0.4 is 5.32 Å². The minimum atomic E-state index is -0.364. The van der Waals surface area contributed by atoms with Gasteiger partial charge in [0.15, 0.2) is 5.76 Å². The number of fused-ring (bicyclic) bond motifs is 1. The highest BCUT2D eigenvalue weighted by molar-refractivity contribution is 5.96. The van der Waals surface area contributed by atoms with Gasteiger partial charge in [-0.3, -0.25) is 14.5 Å². The Hall–Kier alpha value is -3.19. The van der Waals surface area contributed by atoms with Crippen molar-refractivity contribution in [1.82, 2.24) is 15.1 Å². The van der Waals surface area contributed by atoms with Crippen LogP contribution in [0.4, 0.5) is 4.39 Å². The molecule has 6 nitrogen and oxygen atoms in total. The Kier molecular flexibility index (Phi) is 5.57. The molecule has 0 spiro atoms. The molecule has 1 N–H and O–H groups in total. The van der Waals surface area contributed by atoms with E-state index in [1.54, 1.807) is 11.0 Å². The molecule has 1 saturated heterocycles. The third kappa shape index (κ3) is 4.46. The number of carbonyl (C=O) groups excluding carboxylic acids is 2. The van der Waals surface area contributed by atoms with Crippen LogP contribution in [0.25, 0.3) is 11.0 Å². The highest BCUT2D eigenvalue weighted by Gasteiger charge is 2.24. The maximum atomic E-state index is 12.9. The van der Waals surface area contributed by atoms with Crippen molar-refractivity contribution < 1.29 is 18.4 Å². The molecule has 0 saturated carbocycles. The molecule has 2 heterocycles. The fourth-order valence-corrected chi connectivity index (χ4v) is 3.45. The molecule has 0 atom stereocenters. The van der Waals surface area contributed by atoms with Crippen molar-refractivity contribution in [3.05, 3.63) is 71.7 Å². The number of furan rings is 1. The van der Waals surface area contributed by atoms with Gasteiger partial charge in [-0.25, -0.2) is 4.39 Å². The monoisotopic (exact) mass is 395 g/mol. The number of halogens is 1. The summed E-state index contributed by atoms with van der Waals surface area (Å²) in [5.41, 5.74) is 1.15. The molecule has 1 aromatic heterocycles. The topological polar surface area (TPSA) is 65.8 Å². The van der Waals surface area contributed by atoms with Crippen molar-refractivity contribution in [3.8, 4) is 0 Å². The zero-order valence-electron chi connectivity index (χ0n) is 15.9. The molecular weight excluding hydrogens is 373 g/mol. The average molecular weight is 395 g/mol. The third-order valence-corrected chi connectivity index (χ3v) is 5.12. The van der Waals surface area contributed by atoms with Gasteiger partial charge < -0.3 is 14.6 Å². The van der Waals surface area contributed by atoms with Gasteiger partial charge in [0, 0.05) is 50.2 Å². The molecular formula is C22H22FN3O3. The lowest BCUT2D eigenvalue weighted by Gasteiger charge is -2.34. The number of amides is 2. The zero-order valence-corrected chi connectivity index (χ0v) is 15.9. The van der Waals surface area contributed by atoms with Crippen LogP contribution in [0.1, 0.15) is 20.9 Å². The highest BCUT2D eigenvalue weighted by atomic mass is 19.1. The molecule has 3 aromatic rings. The van der Waals surface area contributed by atoms with Gasteiger partial charge in [-0.05, 0) is 36.4 Å². The molecule has 2 amide bonds. The van der Waals surface area contributed by atoms with Crippen molar-refractivity contribution >= 4 is 22.8 Å². The van der Waals surface area contributed by atoms with Crippen LogP contribution in [0, 0.1) is 5.82 Å². The lowest BCUT2D eigenvalue weighted by molar-refractivity contribution is 0.0609. The van der Waals surface area contributed by atoms with Crippen LogP contribution in [-0.4, -0.2) is 60.9 Å². The molecule has 29 heavy (non-hydrogen) atoms. The second-order valence-corrected chi connectivity index (χ2v) is 7.05. The van der Waals surface area contributed by atoms with Gasteiger partial charge in [-0.1, -0.05) is 18.2 Å². The van der Waals surface area contributed by atoms with E-state index in [4.69, 9.17) is 4.42 Å². The number of piperazine rings is 1. The molecule has 0 aliphatic carbocycles. The van der Waals surface area contributed by atoms with Crippen LogP contribution >= 0.6 is 0 Å². The standard InChI is InChI=1S/C22H22FN3O3/c23-18-7-5-16(6-8-18)21(27)24-9-10-25-11-13-26(14-12-25)22(28)20-15-17-3-1-2-4-19(17)29-20/h1-8,15H,9-14H2,(H,24,27). The van der Waals surface area contributed by atoms with Gasteiger partial charge in [-0.15, -0.1) is 0 Å². The normalized spacial score (nSPS) is 14.9. The fraction of sp³-hybridized carbons (Fsp3) is 0.273. The summed E-state index contributed by atoms with van der Waals surface area (Å²) in [7, 11) is 0. The smallest absolute Gasteiger partial charge is 0.289 e. The number of rotatable bonds is 5. The summed E-state index contributed by atoms with van der Waals surface area (Å²) in [6, 6.07) is 14.8. The Morgan fingerprint density at radius 3 is 2.45 bits per heavy atom. The maximum Gasteiger partial charge on any atom is 0.289 e. The summed E-state index contributed by atoms with van der Waals surface area (Å²) in [6.07, 6.45) is 0. The molecule has 2 aromatic carbocycles. The quantitative estimate of drug-likeness (QED) is 0.722. The summed E-state index contributed by atoms with van der Waals surface area (Å²) >= 11 is 0. The van der Waals surface area contributed by atoms with Crippen LogP contribution in [0.2, 0.25) is 0 Å². The van der Waals surface area contributed by atoms with E-state index in [9.17, 15) is 14.0 Å². The van der Waals surface area contributed by atoms with Crippen LogP contribution in [0.3, 0.4) is 0 Å². The first kappa shape index (κ1) is 19.1. The molecule has 0 bridgehead atoms. The summed E-state index contributed by atoms with van der Waals surface area (Å²) < 4.78 is 18.6. The van der Waals surface area contributed by atoms with Crippen LogP contribution in [0.5, 0.6) is 0 Å². The Morgan fingerprint density at radius 1 is 1.00 bits per heavy atom. The Labute approximate surface area is 167 Å². The van der Waals surface area contributed by atoms with Crippen molar-refractivity contribution in [3.63, 3.8) is 0 Å². The summed E-state index contributed by atoms with van der Waals surface area (Å²) in [5, 5.41) is 3.76. The molecule has 150 valence electrons. The molecule has 4 rings (SSSR count). The average Bonchev–Trinajstić information content (AvgIpc) is 3.18. The molecule has 0 unspecified atom stereocenters. The predicted molar refractivity (Wildman–Crippen MR) is 107 cm³/mol. The Bertz CT molecular complexity index is 975. The maximum absolute atomic E-state index is 12.9. The second kappa shape index (κ2) is 8.45. The van der Waals surface area contributed by atoms with E-state index in [0.29, 0.717) is 43.1 Å². The molecule has 0 radical (unpaired) electrons. The van der Waals surface area contributed by atoms with E-state index < -0.39 is 0 Å². The first-order chi connectivity index (χ1) is 14.1. The summed E-state index contributed by atoms with van der Waals surface area (Å²) in [6.45, 7) is 3.88. The van der Waals surface area contributed by atoms with E-state index in [1.807, 2.05) is 24.3 Å². The molecule has 1 aliphatic heterocycles. The molecule has 1 aliphatic rings. The van der Waals surface area contributed by atoms with E-state index >= 15 is 0 Å². The lowest BCUT2D eigenvalue weighted by Crippen LogP contribution is -2.50. The molecule has 7 heteroatoms. The van der Waals surface area contributed by atoms with Gasteiger partial charge in [-0.2, -0.15) is 0 Å². The predicted octanol–water partition coefficient (Wildman–Crippen LogP) is 2.76. The SMILES string of the molecule is O=C(NCCN1CCN(C(=O)c2cc3ccccc3o2)CC1)c1ccc(F)cc1. The minimum Gasteiger partial charge on any atom is -0.451 e. The largest absolute Gasteiger partial charge is 0.451 e. The van der Waals surface area contributed by atoms with E-state index in [1.165, 1.54) is 24.3 Å². The summed E-state index contributed by atoms with van der Waals surface area (Å²) in [5.74, 6) is -0.308. The number of hydrogen-bond acceptors (Lipinski definition) is 4. The lowest BCUT2D eigenvalue weighted by atomic mass is 10.2. The molecule has 1 fully saturated rings. The van der Waals surface area contributed by atoms with Gasteiger partial charge in [0.1, 0.15) is 11.4 Å². The van der Waals surface area contributed by atoms with Gasteiger partial charge in [0.25, 0.3) is 11.8 Å². The van der Waals surface area contributed by atoms with Crippen molar-refractivity contribution in [1.29, 1.82) is 0 Å². The number of para-hydroxylation sites is 1. The van der Waals surface area contributed by atoms with E-state index in [0.717, 1.165) is 18.5 Å². The highest BCUT2D eigenvalue weighted by Crippen LogP contribution is 2.20. The first-order valence-corrected chi connectivity index (χ1v) is 9.64. The number of nitrogens with one attached hydrogen (secondary N) is 1. The number of hydrogen-bond donors (Lipinski definition) is 1. The van der Waals surface area contributed by atoms with Gasteiger partial charge >= 0.3 is 0 Å². The van der Waals surface area contributed by atoms with Gasteiger partial charge in [0.2, 0.25) is 0 Å². The number of carbonyl (C=O) groups is 2. The van der Waals surface area contributed by atoms with Gasteiger partial charge in [0.05, 0.1) is 0 Å². The first-order valence-electron chi connectivity index (χ1n) is 9.64. The second-order valence-electron chi connectivity index (χ2n) is 7.05. The van der Waals surface area contributed by atoms with E-state index in [-0.39, 0.29) is 17.6 Å². The van der Waals surface area contributed by atoms with E-state index in [2.05, 4.69) is 10.2 Å². The Morgan fingerprint density at radius 2 is 1.72 bits per heavy atom. The fourth-order valence-electron chi connectivity index (χ4n) is 3.45. The zero-order chi connectivity index (χ0) is 20.2. The Balaban J connectivity index is 1.23. The minimum absolute atomic E-state index is 0.0922. The third-order valence-electron chi connectivity index (χ3n) is 5.12. The van der Waals surface area contributed by atoms with Crippen molar-refractivity contribution in [2.24, 2.45) is 0 Å². The van der Waals surface area contributed by atoms with Crippen LogP contribution in [-0.2, 0) is 0 Å². The number of benzene rings is 2.